The normalized spacial score (nSPS) is 8.86. The van der Waals surface area contributed by atoms with Gasteiger partial charge in [-0.2, -0.15) is 0 Å². The number of carboxylic acids is 2. The average molecular weight is 318 g/mol. The van der Waals surface area contributed by atoms with Gasteiger partial charge < -0.3 is 15.0 Å². The molecule has 0 radical (unpaired) electrons. The Morgan fingerprint density at radius 2 is 1.14 bits per heavy atom. The van der Waals surface area contributed by atoms with E-state index in [1.807, 2.05) is 0 Å². The molecule has 0 aliphatic carbocycles. The van der Waals surface area contributed by atoms with E-state index in [0.717, 1.165) is 36.4 Å². The Morgan fingerprint density at radius 1 is 0.810 bits per heavy atom. The summed E-state index contributed by atoms with van der Waals surface area (Å²) in [4.78, 5) is 20.3. The van der Waals surface area contributed by atoms with Crippen molar-refractivity contribution in [2.24, 2.45) is 0 Å². The van der Waals surface area contributed by atoms with Crippen molar-refractivity contribution in [1.29, 1.82) is 0 Å². The molecule has 0 heterocycles. The fourth-order valence-corrected chi connectivity index (χ4v) is 1.18. The van der Waals surface area contributed by atoms with Crippen LogP contribution in [0.25, 0.3) is 0 Å². The molecule has 0 aromatic heterocycles. The van der Waals surface area contributed by atoms with Crippen LogP contribution < -0.4 is 56.5 Å². The zero-order valence-corrected chi connectivity index (χ0v) is 14.2. The fraction of sp³-hybridized carbons (Fsp3) is 0. The maximum absolute atomic E-state index is 12.2. The monoisotopic (exact) mass is 318 g/mol. The number of hydrogen-bond donors (Lipinski definition) is 1. The number of aromatic carboxylic acids is 2. The SMILES string of the molecule is O=C(O)c1ccc(F)cc1.O=C([O-])c1ccc(F)cc1.[K+]. The Balaban J connectivity index is 0.000000364. The number of halogens is 2. The van der Waals surface area contributed by atoms with E-state index in [4.69, 9.17) is 5.11 Å². The van der Waals surface area contributed by atoms with E-state index in [2.05, 4.69) is 0 Å². The maximum atomic E-state index is 12.2. The van der Waals surface area contributed by atoms with Gasteiger partial charge in [0.1, 0.15) is 11.6 Å². The molecule has 1 N–H and O–H groups in total. The van der Waals surface area contributed by atoms with Crippen LogP contribution in [-0.4, -0.2) is 17.0 Å². The predicted octanol–water partition coefficient (Wildman–Crippen LogP) is -1.28. The molecule has 0 saturated heterocycles. The number of benzene rings is 2. The molecule has 0 atom stereocenters. The van der Waals surface area contributed by atoms with Gasteiger partial charge in [-0.25, -0.2) is 13.6 Å². The van der Waals surface area contributed by atoms with Crippen molar-refractivity contribution in [3.63, 3.8) is 0 Å². The molecule has 2 aromatic rings. The Bertz CT molecular complexity index is 542. The van der Waals surface area contributed by atoms with Gasteiger partial charge in [-0.15, -0.1) is 0 Å². The second kappa shape index (κ2) is 9.75. The topological polar surface area (TPSA) is 77.4 Å². The Hall–Kier alpha value is -1.12. The number of carbonyl (C=O) groups excluding carboxylic acids is 1. The molecular weight excluding hydrogens is 309 g/mol. The summed E-state index contributed by atoms with van der Waals surface area (Å²) in [5.74, 6) is -3.21. The van der Waals surface area contributed by atoms with Gasteiger partial charge in [-0.05, 0) is 42.0 Å². The van der Waals surface area contributed by atoms with Gasteiger partial charge in [0, 0.05) is 0 Å². The summed E-state index contributed by atoms with van der Waals surface area (Å²) in [6, 6.07) is 9.13. The summed E-state index contributed by atoms with van der Waals surface area (Å²) < 4.78 is 24.3. The van der Waals surface area contributed by atoms with Crippen LogP contribution in [0, 0.1) is 11.6 Å². The average Bonchev–Trinajstić information content (AvgIpc) is 2.40. The van der Waals surface area contributed by atoms with Crippen molar-refractivity contribution >= 4 is 11.9 Å². The minimum absolute atomic E-state index is 0. The molecule has 2 aromatic carbocycles. The van der Waals surface area contributed by atoms with Crippen molar-refractivity contribution in [1.82, 2.24) is 0 Å². The first-order valence-electron chi connectivity index (χ1n) is 5.36. The number of carboxylic acid groups (broad SMARTS) is 2. The van der Waals surface area contributed by atoms with Crippen LogP contribution >= 0.6 is 0 Å². The van der Waals surface area contributed by atoms with E-state index in [-0.39, 0.29) is 62.5 Å². The second-order valence-corrected chi connectivity index (χ2v) is 3.61. The Morgan fingerprint density at radius 3 is 1.43 bits per heavy atom. The van der Waals surface area contributed by atoms with E-state index in [1.54, 1.807) is 0 Å². The molecule has 21 heavy (non-hydrogen) atoms. The van der Waals surface area contributed by atoms with E-state index in [1.165, 1.54) is 12.1 Å². The van der Waals surface area contributed by atoms with E-state index < -0.39 is 23.6 Å². The second-order valence-electron chi connectivity index (χ2n) is 3.61. The summed E-state index contributed by atoms with van der Waals surface area (Å²) in [7, 11) is 0. The van der Waals surface area contributed by atoms with Gasteiger partial charge in [0.25, 0.3) is 0 Å². The molecule has 0 amide bonds. The molecular formula is C14H9F2KO4. The van der Waals surface area contributed by atoms with Crippen LogP contribution in [0.2, 0.25) is 0 Å². The summed E-state index contributed by atoms with van der Waals surface area (Å²) in [5, 5.41) is 18.4. The van der Waals surface area contributed by atoms with Crippen LogP contribution in [-0.2, 0) is 0 Å². The van der Waals surface area contributed by atoms with E-state index in [0.29, 0.717) is 0 Å². The first kappa shape index (κ1) is 19.9. The van der Waals surface area contributed by atoms with Crippen molar-refractivity contribution in [3.8, 4) is 0 Å². The molecule has 104 valence electrons. The van der Waals surface area contributed by atoms with Crippen molar-refractivity contribution in [2.75, 3.05) is 0 Å². The summed E-state index contributed by atoms with van der Waals surface area (Å²) >= 11 is 0. The fourth-order valence-electron chi connectivity index (χ4n) is 1.18. The minimum atomic E-state index is -1.29. The van der Waals surface area contributed by atoms with Crippen LogP contribution in [0.1, 0.15) is 20.7 Å². The standard InChI is InChI=1S/2C7H5FO2.K/c2*8-6-3-1-5(2-4-6)7(9)10;/h2*1-4H,(H,9,10);/q;;+1/p-1. The van der Waals surface area contributed by atoms with Gasteiger partial charge in [0.2, 0.25) is 0 Å². The molecule has 0 saturated carbocycles. The van der Waals surface area contributed by atoms with Crippen LogP contribution in [0.15, 0.2) is 48.5 Å². The third-order valence-electron chi connectivity index (χ3n) is 2.17. The van der Waals surface area contributed by atoms with Crippen molar-refractivity contribution in [3.05, 3.63) is 71.3 Å². The summed E-state index contributed by atoms with van der Waals surface area (Å²) in [6.07, 6.45) is 0. The molecule has 0 aliphatic heterocycles. The smallest absolute Gasteiger partial charge is 0.545 e. The number of rotatable bonds is 2. The van der Waals surface area contributed by atoms with Gasteiger partial charge in [-0.1, -0.05) is 12.1 Å². The molecule has 0 bridgehead atoms. The molecule has 0 unspecified atom stereocenters. The first-order chi connectivity index (χ1) is 9.40. The van der Waals surface area contributed by atoms with Gasteiger partial charge >= 0.3 is 57.4 Å². The Kier molecular flexibility index (Phi) is 9.23. The van der Waals surface area contributed by atoms with Crippen molar-refractivity contribution < 1.29 is 80.0 Å². The largest absolute Gasteiger partial charge is 1.00 e. The quantitative estimate of drug-likeness (QED) is 0.700. The maximum Gasteiger partial charge on any atom is 1.00 e. The van der Waals surface area contributed by atoms with Crippen LogP contribution in [0.4, 0.5) is 8.78 Å². The van der Waals surface area contributed by atoms with Crippen LogP contribution in [0.3, 0.4) is 0 Å². The zero-order chi connectivity index (χ0) is 15.1. The molecule has 4 nitrogen and oxygen atoms in total. The molecule has 2 rings (SSSR count). The van der Waals surface area contributed by atoms with Gasteiger partial charge in [0.15, 0.2) is 0 Å². The zero-order valence-electron chi connectivity index (χ0n) is 11.0. The Labute approximate surface area is 161 Å². The van der Waals surface area contributed by atoms with E-state index >= 15 is 0 Å². The summed E-state index contributed by atoms with van der Waals surface area (Å²) in [6.45, 7) is 0. The molecule has 0 fully saturated rings. The number of carbonyl (C=O) groups is 2. The first-order valence-corrected chi connectivity index (χ1v) is 5.36. The minimum Gasteiger partial charge on any atom is -0.545 e. The molecule has 7 heteroatoms. The summed E-state index contributed by atoms with van der Waals surface area (Å²) in [5.41, 5.74) is 0.0859. The van der Waals surface area contributed by atoms with E-state index in [9.17, 15) is 23.5 Å². The molecule has 0 spiro atoms. The third-order valence-corrected chi connectivity index (χ3v) is 2.17. The number of hydrogen-bond acceptors (Lipinski definition) is 3. The third kappa shape index (κ3) is 7.44. The predicted molar refractivity (Wildman–Crippen MR) is 64.1 cm³/mol. The molecule has 0 aliphatic rings. The van der Waals surface area contributed by atoms with Gasteiger partial charge in [0.05, 0.1) is 11.5 Å². The van der Waals surface area contributed by atoms with Crippen molar-refractivity contribution in [2.45, 2.75) is 0 Å². The van der Waals surface area contributed by atoms with Crippen LogP contribution in [0.5, 0.6) is 0 Å². The van der Waals surface area contributed by atoms with Gasteiger partial charge in [-0.3, -0.25) is 0 Å².